The summed E-state index contributed by atoms with van der Waals surface area (Å²) in [4.78, 5) is 12.1. The first kappa shape index (κ1) is 17.9. The molecule has 1 atom stereocenters. The summed E-state index contributed by atoms with van der Waals surface area (Å²) in [7, 11) is 0. The second kappa shape index (κ2) is 7.90. The molecule has 1 unspecified atom stereocenters. The van der Waals surface area contributed by atoms with E-state index in [1.54, 1.807) is 0 Å². The number of nitrogens with one attached hydrogen (secondary N) is 2. The number of benzene rings is 1. The van der Waals surface area contributed by atoms with Crippen LogP contribution in [-0.4, -0.2) is 12.1 Å². The van der Waals surface area contributed by atoms with Gasteiger partial charge in [0, 0.05) is 12.1 Å². The fourth-order valence-electron chi connectivity index (χ4n) is 2.47. The maximum atomic E-state index is 12.1. The number of hydrogen-bond acceptors (Lipinski definition) is 3. The highest BCUT2D eigenvalue weighted by Gasteiger charge is 2.11. The van der Waals surface area contributed by atoms with Crippen molar-refractivity contribution in [3.05, 3.63) is 53.0 Å². The lowest BCUT2D eigenvalue weighted by Crippen LogP contribution is -2.36. The molecule has 0 bridgehead atoms. The van der Waals surface area contributed by atoms with Gasteiger partial charge in [0.25, 0.3) is 0 Å². The van der Waals surface area contributed by atoms with Crippen LogP contribution in [0.15, 0.2) is 34.7 Å². The summed E-state index contributed by atoms with van der Waals surface area (Å²) in [5.74, 6) is 2.51. The van der Waals surface area contributed by atoms with Crippen LogP contribution in [0.4, 0.5) is 4.79 Å². The third-order valence-corrected chi connectivity index (χ3v) is 3.68. The average Bonchev–Trinajstić information content (AvgIpc) is 2.83. The Morgan fingerprint density at radius 2 is 1.83 bits per heavy atom. The molecular formula is C19H26N2O3. The van der Waals surface area contributed by atoms with Gasteiger partial charge >= 0.3 is 6.03 Å². The summed E-state index contributed by atoms with van der Waals surface area (Å²) in [5, 5.41) is 5.79. The normalized spacial score (nSPS) is 12.1. The first-order valence-corrected chi connectivity index (χ1v) is 8.22. The monoisotopic (exact) mass is 330 g/mol. The molecule has 2 rings (SSSR count). The van der Waals surface area contributed by atoms with E-state index in [1.165, 1.54) is 0 Å². The molecule has 130 valence electrons. The highest BCUT2D eigenvalue weighted by Crippen LogP contribution is 2.18. The Morgan fingerprint density at radius 1 is 1.17 bits per heavy atom. The van der Waals surface area contributed by atoms with Crippen LogP contribution in [0.5, 0.6) is 5.75 Å². The van der Waals surface area contributed by atoms with Gasteiger partial charge in [-0.3, -0.25) is 0 Å². The molecule has 0 aliphatic heterocycles. The summed E-state index contributed by atoms with van der Waals surface area (Å²) < 4.78 is 11.1. The maximum Gasteiger partial charge on any atom is 0.315 e. The molecule has 0 aliphatic rings. The van der Waals surface area contributed by atoms with E-state index in [0.717, 1.165) is 28.4 Å². The van der Waals surface area contributed by atoms with Gasteiger partial charge in [0.1, 0.15) is 17.3 Å². The predicted octanol–water partition coefficient (Wildman–Crippen LogP) is 4.24. The number of urea groups is 1. The second-order valence-electron chi connectivity index (χ2n) is 6.22. The van der Waals surface area contributed by atoms with Crippen molar-refractivity contribution in [2.45, 2.75) is 53.3 Å². The fraction of sp³-hybridized carbons (Fsp3) is 0.421. The van der Waals surface area contributed by atoms with Crippen LogP contribution in [-0.2, 0) is 6.54 Å². The van der Waals surface area contributed by atoms with E-state index in [2.05, 4.69) is 10.6 Å². The van der Waals surface area contributed by atoms with Crippen molar-refractivity contribution in [2.75, 3.05) is 0 Å². The van der Waals surface area contributed by atoms with Gasteiger partial charge in [-0.1, -0.05) is 12.1 Å². The smallest absolute Gasteiger partial charge is 0.315 e. The van der Waals surface area contributed by atoms with Crippen LogP contribution in [0.3, 0.4) is 0 Å². The van der Waals surface area contributed by atoms with Gasteiger partial charge in [-0.05, 0) is 58.4 Å². The number of aryl methyl sites for hydroxylation is 2. The van der Waals surface area contributed by atoms with Gasteiger partial charge in [-0.2, -0.15) is 0 Å². The largest absolute Gasteiger partial charge is 0.491 e. The number of hydrogen-bond donors (Lipinski definition) is 2. The molecule has 24 heavy (non-hydrogen) atoms. The third kappa shape index (κ3) is 5.05. The van der Waals surface area contributed by atoms with Gasteiger partial charge in [0.05, 0.1) is 12.1 Å². The van der Waals surface area contributed by atoms with E-state index >= 15 is 0 Å². The number of amides is 2. The molecule has 1 aromatic carbocycles. The molecule has 2 amide bonds. The summed E-state index contributed by atoms with van der Waals surface area (Å²) in [6, 6.07) is 9.41. The van der Waals surface area contributed by atoms with Crippen molar-refractivity contribution in [3.8, 4) is 5.75 Å². The van der Waals surface area contributed by atoms with Gasteiger partial charge < -0.3 is 19.8 Å². The SMILES string of the molecule is Cc1cc(CNC(=O)NC(C)c2ccc(OC(C)C)cc2)c(C)o1. The minimum Gasteiger partial charge on any atom is -0.491 e. The zero-order valence-corrected chi connectivity index (χ0v) is 15.0. The van der Waals surface area contributed by atoms with Crippen molar-refractivity contribution in [3.63, 3.8) is 0 Å². The Kier molecular flexibility index (Phi) is 5.90. The molecular weight excluding hydrogens is 304 g/mol. The van der Waals surface area contributed by atoms with Crippen LogP contribution >= 0.6 is 0 Å². The van der Waals surface area contributed by atoms with E-state index in [0.29, 0.717) is 6.54 Å². The Labute approximate surface area is 143 Å². The quantitative estimate of drug-likeness (QED) is 0.832. The van der Waals surface area contributed by atoms with Crippen molar-refractivity contribution >= 4 is 6.03 Å². The Balaban J connectivity index is 1.85. The summed E-state index contributed by atoms with van der Waals surface area (Å²) in [6.07, 6.45) is 0.146. The zero-order valence-electron chi connectivity index (χ0n) is 15.0. The molecule has 2 N–H and O–H groups in total. The molecule has 0 spiro atoms. The second-order valence-corrected chi connectivity index (χ2v) is 6.22. The number of carbonyl (C=O) groups is 1. The lowest BCUT2D eigenvalue weighted by Gasteiger charge is -2.16. The molecule has 1 heterocycles. The zero-order chi connectivity index (χ0) is 17.7. The maximum absolute atomic E-state index is 12.1. The molecule has 0 fully saturated rings. The van der Waals surface area contributed by atoms with Crippen molar-refractivity contribution < 1.29 is 13.9 Å². The molecule has 5 nitrogen and oxygen atoms in total. The van der Waals surface area contributed by atoms with E-state index in [4.69, 9.17) is 9.15 Å². The third-order valence-electron chi connectivity index (χ3n) is 3.68. The van der Waals surface area contributed by atoms with Crippen molar-refractivity contribution in [1.29, 1.82) is 0 Å². The van der Waals surface area contributed by atoms with E-state index in [9.17, 15) is 4.79 Å². The fourth-order valence-corrected chi connectivity index (χ4v) is 2.47. The predicted molar refractivity (Wildman–Crippen MR) is 94.2 cm³/mol. The van der Waals surface area contributed by atoms with Crippen LogP contribution in [0.1, 0.15) is 49.5 Å². The minimum atomic E-state index is -0.205. The molecule has 0 radical (unpaired) electrons. The van der Waals surface area contributed by atoms with Gasteiger partial charge in [0.2, 0.25) is 0 Å². The molecule has 1 aromatic heterocycles. The van der Waals surface area contributed by atoms with Crippen LogP contribution < -0.4 is 15.4 Å². The Hall–Kier alpha value is -2.43. The molecule has 0 saturated carbocycles. The Morgan fingerprint density at radius 3 is 2.38 bits per heavy atom. The first-order chi connectivity index (χ1) is 11.3. The van der Waals surface area contributed by atoms with E-state index in [1.807, 2.05) is 65.0 Å². The number of carbonyl (C=O) groups excluding carboxylic acids is 1. The van der Waals surface area contributed by atoms with Gasteiger partial charge in [0.15, 0.2) is 0 Å². The molecule has 0 aliphatic carbocycles. The summed E-state index contributed by atoms with van der Waals surface area (Å²) >= 11 is 0. The summed E-state index contributed by atoms with van der Waals surface area (Å²) in [6.45, 7) is 10.2. The highest BCUT2D eigenvalue weighted by atomic mass is 16.5. The number of ether oxygens (including phenoxy) is 1. The topological polar surface area (TPSA) is 63.5 Å². The van der Waals surface area contributed by atoms with Gasteiger partial charge in [-0.25, -0.2) is 4.79 Å². The van der Waals surface area contributed by atoms with Crippen LogP contribution in [0.25, 0.3) is 0 Å². The molecule has 2 aromatic rings. The molecule has 5 heteroatoms. The Bertz CT molecular complexity index is 674. The van der Waals surface area contributed by atoms with E-state index < -0.39 is 0 Å². The first-order valence-electron chi connectivity index (χ1n) is 8.22. The lowest BCUT2D eigenvalue weighted by atomic mass is 10.1. The summed E-state index contributed by atoms with van der Waals surface area (Å²) in [5.41, 5.74) is 2.02. The highest BCUT2D eigenvalue weighted by molar-refractivity contribution is 5.74. The van der Waals surface area contributed by atoms with Crippen LogP contribution in [0.2, 0.25) is 0 Å². The van der Waals surface area contributed by atoms with Crippen LogP contribution in [0, 0.1) is 13.8 Å². The van der Waals surface area contributed by atoms with Gasteiger partial charge in [-0.15, -0.1) is 0 Å². The number of furan rings is 1. The average molecular weight is 330 g/mol. The lowest BCUT2D eigenvalue weighted by molar-refractivity contribution is 0.237. The minimum absolute atomic E-state index is 0.0923. The standard InChI is InChI=1S/C19H26N2O3/c1-12(2)23-18-8-6-16(7-9-18)14(4)21-19(22)20-11-17-10-13(3)24-15(17)5/h6-10,12,14H,11H2,1-5H3,(H2,20,21,22). The van der Waals surface area contributed by atoms with E-state index in [-0.39, 0.29) is 18.2 Å². The van der Waals surface area contributed by atoms with Crippen molar-refractivity contribution in [2.24, 2.45) is 0 Å². The van der Waals surface area contributed by atoms with Crippen molar-refractivity contribution in [1.82, 2.24) is 10.6 Å². The number of rotatable bonds is 6. The molecule has 0 saturated heterocycles.